The van der Waals surface area contributed by atoms with Crippen molar-refractivity contribution in [1.82, 2.24) is 10.3 Å². The van der Waals surface area contributed by atoms with E-state index in [1.807, 2.05) is 0 Å². The molecule has 0 aliphatic carbocycles. The molecular weight excluding hydrogens is 316 g/mol. The van der Waals surface area contributed by atoms with Crippen molar-refractivity contribution in [3.63, 3.8) is 0 Å². The number of hydrogen-bond donors (Lipinski definition) is 2. The summed E-state index contributed by atoms with van der Waals surface area (Å²) < 4.78 is 9.89. The molecular formula is C16H12N2O6. The minimum absolute atomic E-state index is 0.00810. The summed E-state index contributed by atoms with van der Waals surface area (Å²) >= 11 is 0. The van der Waals surface area contributed by atoms with Gasteiger partial charge in [-0.05, 0) is 13.8 Å². The highest BCUT2D eigenvalue weighted by molar-refractivity contribution is 5.97. The van der Waals surface area contributed by atoms with Gasteiger partial charge in [-0.1, -0.05) is 34.6 Å². The van der Waals surface area contributed by atoms with E-state index in [0.717, 1.165) is 0 Å². The normalized spacial score (nSPS) is 10.8. The standard InChI is InChI=1S/C16H12N2O6/c1-7-11(15(19)20)13(17-23-7)9-3-5-10(6-4-9)14-12(16(21)22)8(2)24-18-14/h3-6H,1-2H3,(H,19,20)(H,21,22). The fraction of sp³-hybridized carbons (Fsp3) is 0.125. The van der Waals surface area contributed by atoms with E-state index in [4.69, 9.17) is 9.05 Å². The molecule has 0 atom stereocenters. The van der Waals surface area contributed by atoms with Crippen LogP contribution in [0.1, 0.15) is 32.2 Å². The first kappa shape index (κ1) is 15.5. The summed E-state index contributed by atoms with van der Waals surface area (Å²) in [5, 5.41) is 26.0. The molecule has 2 N–H and O–H groups in total. The number of nitrogens with zero attached hydrogens (tertiary/aromatic N) is 2. The minimum Gasteiger partial charge on any atom is -0.477 e. The van der Waals surface area contributed by atoms with E-state index in [-0.39, 0.29) is 34.0 Å². The van der Waals surface area contributed by atoms with Gasteiger partial charge in [-0.15, -0.1) is 0 Å². The Morgan fingerprint density at radius 3 is 1.42 bits per heavy atom. The van der Waals surface area contributed by atoms with Crippen molar-refractivity contribution in [3.8, 4) is 22.5 Å². The van der Waals surface area contributed by atoms with Crippen LogP contribution < -0.4 is 0 Å². The quantitative estimate of drug-likeness (QED) is 0.748. The summed E-state index contributed by atoms with van der Waals surface area (Å²) in [6, 6.07) is 6.48. The van der Waals surface area contributed by atoms with E-state index >= 15 is 0 Å². The molecule has 2 aromatic heterocycles. The molecule has 0 aliphatic rings. The van der Waals surface area contributed by atoms with Crippen LogP contribution >= 0.6 is 0 Å². The molecule has 0 amide bonds. The summed E-state index contributed by atoms with van der Waals surface area (Å²) in [6.07, 6.45) is 0. The third-order valence-electron chi connectivity index (χ3n) is 3.58. The summed E-state index contributed by atoms with van der Waals surface area (Å²) in [6.45, 7) is 3.04. The molecule has 122 valence electrons. The van der Waals surface area contributed by atoms with Crippen molar-refractivity contribution >= 4 is 11.9 Å². The highest BCUT2D eigenvalue weighted by Gasteiger charge is 2.23. The number of aryl methyl sites for hydroxylation is 2. The Morgan fingerprint density at radius 2 is 1.12 bits per heavy atom. The van der Waals surface area contributed by atoms with Gasteiger partial charge < -0.3 is 19.3 Å². The van der Waals surface area contributed by atoms with Crippen LogP contribution in [0.25, 0.3) is 22.5 Å². The Kier molecular flexibility index (Phi) is 3.64. The Labute approximate surface area is 135 Å². The predicted molar refractivity (Wildman–Crippen MR) is 80.8 cm³/mol. The zero-order valence-electron chi connectivity index (χ0n) is 12.7. The van der Waals surface area contributed by atoms with Gasteiger partial charge in [-0.25, -0.2) is 9.59 Å². The molecule has 2 heterocycles. The maximum Gasteiger partial charge on any atom is 0.341 e. The Bertz CT molecular complexity index is 859. The monoisotopic (exact) mass is 328 g/mol. The van der Waals surface area contributed by atoms with Gasteiger partial charge in [0.05, 0.1) is 0 Å². The number of hydrogen-bond acceptors (Lipinski definition) is 6. The third kappa shape index (κ3) is 2.43. The molecule has 8 heteroatoms. The van der Waals surface area contributed by atoms with E-state index in [1.54, 1.807) is 24.3 Å². The van der Waals surface area contributed by atoms with Crippen molar-refractivity contribution in [2.24, 2.45) is 0 Å². The maximum absolute atomic E-state index is 11.3. The molecule has 0 spiro atoms. The van der Waals surface area contributed by atoms with Crippen LogP contribution in [0.15, 0.2) is 33.3 Å². The average Bonchev–Trinajstić information content (AvgIpc) is 3.10. The molecule has 1 aromatic carbocycles. The lowest BCUT2D eigenvalue weighted by Crippen LogP contribution is -2.00. The van der Waals surface area contributed by atoms with Gasteiger partial charge >= 0.3 is 11.9 Å². The molecule has 0 saturated carbocycles. The lowest BCUT2D eigenvalue weighted by molar-refractivity contribution is 0.0684. The van der Waals surface area contributed by atoms with E-state index in [1.165, 1.54) is 13.8 Å². The van der Waals surface area contributed by atoms with Crippen LogP contribution in [-0.2, 0) is 0 Å². The Morgan fingerprint density at radius 1 is 0.792 bits per heavy atom. The first-order valence-electron chi connectivity index (χ1n) is 6.90. The summed E-state index contributed by atoms with van der Waals surface area (Å²) in [4.78, 5) is 22.6. The van der Waals surface area contributed by atoms with Gasteiger partial charge in [-0.3, -0.25) is 0 Å². The van der Waals surface area contributed by atoms with Gasteiger partial charge in [0.1, 0.15) is 34.0 Å². The summed E-state index contributed by atoms with van der Waals surface area (Å²) in [5.74, 6) is -1.84. The topological polar surface area (TPSA) is 127 Å². The van der Waals surface area contributed by atoms with Gasteiger partial charge in [0.15, 0.2) is 0 Å². The van der Waals surface area contributed by atoms with Crippen molar-refractivity contribution in [3.05, 3.63) is 46.9 Å². The smallest absolute Gasteiger partial charge is 0.341 e. The fourth-order valence-electron chi connectivity index (χ4n) is 2.43. The van der Waals surface area contributed by atoms with Gasteiger partial charge in [-0.2, -0.15) is 0 Å². The molecule has 0 aliphatic heterocycles. The molecule has 3 rings (SSSR count). The van der Waals surface area contributed by atoms with Crippen LogP contribution in [0.5, 0.6) is 0 Å². The number of carboxylic acids is 2. The predicted octanol–water partition coefficient (Wildman–Crippen LogP) is 3.01. The second-order valence-electron chi connectivity index (χ2n) is 5.11. The third-order valence-corrected chi connectivity index (χ3v) is 3.58. The van der Waals surface area contributed by atoms with Crippen molar-refractivity contribution in [2.75, 3.05) is 0 Å². The maximum atomic E-state index is 11.3. The van der Waals surface area contributed by atoms with Crippen molar-refractivity contribution in [2.45, 2.75) is 13.8 Å². The molecule has 0 radical (unpaired) electrons. The Hall–Kier alpha value is -3.42. The molecule has 0 fully saturated rings. The molecule has 0 bridgehead atoms. The summed E-state index contributed by atoms with van der Waals surface area (Å²) in [7, 11) is 0. The number of carbonyl (C=O) groups is 2. The number of benzene rings is 1. The number of carboxylic acid groups (broad SMARTS) is 2. The van der Waals surface area contributed by atoms with Crippen LogP contribution in [0.3, 0.4) is 0 Å². The minimum atomic E-state index is -1.13. The molecule has 0 saturated heterocycles. The highest BCUT2D eigenvalue weighted by atomic mass is 16.5. The SMILES string of the molecule is Cc1onc(-c2ccc(-c3noc(C)c3C(=O)O)cc2)c1C(=O)O. The first-order valence-corrected chi connectivity index (χ1v) is 6.90. The first-order chi connectivity index (χ1) is 11.4. The van der Waals surface area contributed by atoms with Gasteiger partial charge in [0, 0.05) is 11.1 Å². The number of rotatable bonds is 4. The largest absolute Gasteiger partial charge is 0.477 e. The number of aromatic carboxylic acids is 2. The van der Waals surface area contributed by atoms with Crippen LogP contribution in [-0.4, -0.2) is 32.5 Å². The second kappa shape index (κ2) is 5.65. The van der Waals surface area contributed by atoms with Crippen LogP contribution in [0, 0.1) is 13.8 Å². The Balaban J connectivity index is 2.04. The fourth-order valence-corrected chi connectivity index (χ4v) is 2.43. The van der Waals surface area contributed by atoms with E-state index in [0.29, 0.717) is 11.1 Å². The number of aromatic nitrogens is 2. The molecule has 0 unspecified atom stereocenters. The molecule has 8 nitrogen and oxygen atoms in total. The van der Waals surface area contributed by atoms with E-state index in [9.17, 15) is 19.8 Å². The van der Waals surface area contributed by atoms with Crippen molar-refractivity contribution < 1.29 is 28.8 Å². The molecule has 3 aromatic rings. The van der Waals surface area contributed by atoms with Gasteiger partial charge in [0.25, 0.3) is 0 Å². The zero-order valence-corrected chi connectivity index (χ0v) is 12.7. The zero-order chi connectivity index (χ0) is 17.4. The lowest BCUT2D eigenvalue weighted by Gasteiger charge is -2.02. The second-order valence-corrected chi connectivity index (χ2v) is 5.11. The lowest BCUT2D eigenvalue weighted by atomic mass is 10.0. The van der Waals surface area contributed by atoms with Crippen LogP contribution in [0.4, 0.5) is 0 Å². The van der Waals surface area contributed by atoms with Gasteiger partial charge in [0.2, 0.25) is 0 Å². The average molecular weight is 328 g/mol. The summed E-state index contributed by atoms with van der Waals surface area (Å²) in [5.41, 5.74) is 1.47. The van der Waals surface area contributed by atoms with Crippen molar-refractivity contribution in [1.29, 1.82) is 0 Å². The van der Waals surface area contributed by atoms with E-state index in [2.05, 4.69) is 10.3 Å². The van der Waals surface area contributed by atoms with E-state index < -0.39 is 11.9 Å². The van der Waals surface area contributed by atoms with Crippen LogP contribution in [0.2, 0.25) is 0 Å². The highest BCUT2D eigenvalue weighted by Crippen LogP contribution is 2.30. The molecule has 24 heavy (non-hydrogen) atoms.